The molecule has 2 saturated heterocycles. The highest BCUT2D eigenvalue weighted by atomic mass is 16.6. The number of carbonyl (C=O) groups excluding carboxylic acids is 4. The molecule has 0 aliphatic carbocycles. The van der Waals surface area contributed by atoms with Crippen molar-refractivity contribution in [3.05, 3.63) is 48.2 Å². The quantitative estimate of drug-likeness (QED) is 0.252. The fourth-order valence-electron chi connectivity index (χ4n) is 6.72. The number of hydrogen-bond acceptors (Lipinski definition) is 5. The Morgan fingerprint density at radius 1 is 1.04 bits per heavy atom. The SMILES string of the molecule is C=C(CC)CCCCC[C@@H]1CC(=O)[C@H]2CCCCN2C(=O)[C@H](C(C)CC)NC(=O)[C@H](Cc2cn(OC)c3ccccc23)NC1=O. The molecule has 3 heterocycles. The van der Waals surface area contributed by atoms with Crippen molar-refractivity contribution in [2.75, 3.05) is 13.7 Å². The summed E-state index contributed by atoms with van der Waals surface area (Å²) in [5.74, 6) is -1.67. The summed E-state index contributed by atoms with van der Waals surface area (Å²) in [6.45, 7) is 10.6. The summed E-state index contributed by atoms with van der Waals surface area (Å²) in [6.07, 6.45) is 10.2. The maximum absolute atomic E-state index is 14.1. The van der Waals surface area contributed by atoms with Gasteiger partial charge in [0, 0.05) is 36.9 Å². The Labute approximate surface area is 268 Å². The van der Waals surface area contributed by atoms with Crippen LogP contribution < -0.4 is 15.5 Å². The molecule has 3 amide bonds. The van der Waals surface area contributed by atoms with Crippen LogP contribution in [0.5, 0.6) is 0 Å². The summed E-state index contributed by atoms with van der Waals surface area (Å²) < 4.78 is 1.65. The first-order chi connectivity index (χ1) is 21.7. The van der Waals surface area contributed by atoms with Crippen molar-refractivity contribution < 1.29 is 24.0 Å². The second kappa shape index (κ2) is 16.1. The van der Waals surface area contributed by atoms with Crippen molar-refractivity contribution in [3.8, 4) is 0 Å². The van der Waals surface area contributed by atoms with Crippen molar-refractivity contribution >= 4 is 34.4 Å². The van der Waals surface area contributed by atoms with Gasteiger partial charge in [-0.3, -0.25) is 19.2 Å². The van der Waals surface area contributed by atoms with Crippen LogP contribution in [0, 0.1) is 11.8 Å². The maximum atomic E-state index is 14.1. The zero-order chi connectivity index (χ0) is 32.5. The Morgan fingerprint density at radius 3 is 2.56 bits per heavy atom. The summed E-state index contributed by atoms with van der Waals surface area (Å²) >= 11 is 0. The van der Waals surface area contributed by atoms with Gasteiger partial charge < -0.3 is 20.4 Å². The lowest BCUT2D eigenvalue weighted by Gasteiger charge is -2.39. The molecule has 246 valence electrons. The van der Waals surface area contributed by atoms with Crippen molar-refractivity contribution in [3.63, 3.8) is 0 Å². The molecule has 0 spiro atoms. The number of para-hydroxylation sites is 1. The van der Waals surface area contributed by atoms with Crippen LogP contribution in [0.4, 0.5) is 0 Å². The minimum Gasteiger partial charge on any atom is -0.417 e. The lowest BCUT2D eigenvalue weighted by atomic mass is 9.87. The second-order valence-corrected chi connectivity index (χ2v) is 12.9. The molecule has 45 heavy (non-hydrogen) atoms. The predicted octanol–water partition coefficient (Wildman–Crippen LogP) is 5.14. The molecule has 2 aliphatic rings. The number of fused-ring (bicyclic) bond motifs is 2. The minimum absolute atomic E-state index is 0.0583. The molecular weight excluding hydrogens is 568 g/mol. The van der Waals surface area contributed by atoms with Crippen LogP contribution in [0.1, 0.15) is 97.0 Å². The summed E-state index contributed by atoms with van der Waals surface area (Å²) in [5, 5.41) is 6.98. The molecule has 2 aliphatic heterocycles. The smallest absolute Gasteiger partial charge is 0.246 e. The van der Waals surface area contributed by atoms with E-state index in [2.05, 4.69) is 24.1 Å². The van der Waals surface area contributed by atoms with Gasteiger partial charge in [0.2, 0.25) is 17.7 Å². The lowest BCUT2D eigenvalue weighted by Crippen LogP contribution is -2.61. The van der Waals surface area contributed by atoms with Gasteiger partial charge in [-0.25, -0.2) is 0 Å². The van der Waals surface area contributed by atoms with E-state index in [9.17, 15) is 19.2 Å². The average molecular weight is 621 g/mol. The van der Waals surface area contributed by atoms with E-state index in [-0.39, 0.29) is 36.4 Å². The molecule has 1 aromatic heterocycles. The Morgan fingerprint density at radius 2 is 1.82 bits per heavy atom. The van der Waals surface area contributed by atoms with E-state index >= 15 is 0 Å². The van der Waals surface area contributed by atoms with E-state index < -0.39 is 30.0 Å². The molecule has 1 unspecified atom stereocenters. The van der Waals surface area contributed by atoms with E-state index in [1.807, 2.05) is 44.3 Å². The molecule has 5 atom stereocenters. The zero-order valence-corrected chi connectivity index (χ0v) is 27.6. The first kappa shape index (κ1) is 34.3. The molecule has 9 heteroatoms. The van der Waals surface area contributed by atoms with Crippen LogP contribution in [0.2, 0.25) is 0 Å². The largest absolute Gasteiger partial charge is 0.417 e. The van der Waals surface area contributed by atoms with Crippen LogP contribution in [-0.2, 0) is 25.6 Å². The maximum Gasteiger partial charge on any atom is 0.246 e. The first-order valence-corrected chi connectivity index (χ1v) is 16.9. The van der Waals surface area contributed by atoms with E-state index in [4.69, 9.17) is 4.84 Å². The molecule has 2 fully saturated rings. The van der Waals surface area contributed by atoms with Crippen LogP contribution in [0.15, 0.2) is 42.6 Å². The second-order valence-electron chi connectivity index (χ2n) is 12.9. The van der Waals surface area contributed by atoms with E-state index in [0.29, 0.717) is 25.8 Å². The third kappa shape index (κ3) is 8.35. The summed E-state index contributed by atoms with van der Waals surface area (Å²) in [7, 11) is 1.58. The van der Waals surface area contributed by atoms with E-state index in [1.54, 1.807) is 16.7 Å². The molecule has 2 aromatic rings. The number of allylic oxidation sites excluding steroid dienone is 1. The topological polar surface area (TPSA) is 110 Å². The molecular formula is C36H52N4O5. The lowest BCUT2D eigenvalue weighted by molar-refractivity contribution is -0.147. The van der Waals surface area contributed by atoms with E-state index in [0.717, 1.165) is 61.4 Å². The number of Topliss-reactive ketones (excluding diaryl/α,β-unsaturated/α-hetero) is 1. The Hall–Kier alpha value is -3.62. The average Bonchev–Trinajstić information content (AvgIpc) is 3.41. The Bertz CT molecular complexity index is 1370. The molecule has 2 N–H and O–H groups in total. The minimum atomic E-state index is -0.935. The van der Waals surface area contributed by atoms with Crippen LogP contribution in [0.25, 0.3) is 10.9 Å². The fraction of sp³-hybridized carbons (Fsp3) is 0.611. The molecule has 0 saturated carbocycles. The molecule has 0 bridgehead atoms. The standard InChI is InChI=1S/C36H52N4O5/c1-6-24(3)15-9-8-10-16-26-22-32(41)31-19-13-14-20-39(31)36(44)33(25(4)7-2)38-35(43)29(37-34(26)42)21-27-23-40(45-5)30-18-12-11-17-28(27)30/h11-12,17-18,23,25-26,29,31,33H,3,6-10,13-16,19-22H2,1-2,4-5H3,(H,37,42)(H,38,43)/t25?,26-,29+,31-,33+/m1/s1. The third-order valence-electron chi connectivity index (χ3n) is 9.85. The van der Waals surface area contributed by atoms with Crippen LogP contribution in [-0.4, -0.2) is 64.9 Å². The van der Waals surface area contributed by atoms with Gasteiger partial charge in [-0.2, -0.15) is 4.73 Å². The third-order valence-corrected chi connectivity index (χ3v) is 9.85. The Balaban J connectivity index is 1.66. The normalized spacial score (nSPS) is 23.9. The van der Waals surface area contributed by atoms with Crippen LogP contribution in [0.3, 0.4) is 0 Å². The fourth-order valence-corrected chi connectivity index (χ4v) is 6.72. The number of benzene rings is 1. The monoisotopic (exact) mass is 620 g/mol. The number of piperidine rings is 1. The number of amides is 3. The number of carbonyl (C=O) groups is 4. The zero-order valence-electron chi connectivity index (χ0n) is 27.6. The first-order valence-electron chi connectivity index (χ1n) is 16.9. The number of ketones is 1. The number of nitrogens with one attached hydrogen (secondary N) is 2. The summed E-state index contributed by atoms with van der Waals surface area (Å²) in [6, 6.07) is 5.46. The highest BCUT2D eigenvalue weighted by molar-refractivity contribution is 5.98. The molecule has 0 radical (unpaired) electrons. The van der Waals surface area contributed by atoms with Gasteiger partial charge in [0.05, 0.1) is 11.6 Å². The molecule has 4 rings (SSSR count). The molecule has 9 nitrogen and oxygen atoms in total. The predicted molar refractivity (Wildman–Crippen MR) is 176 cm³/mol. The van der Waals surface area contributed by atoms with Gasteiger partial charge in [-0.05, 0) is 62.5 Å². The number of unbranched alkanes of at least 4 members (excludes halogenated alkanes) is 2. The van der Waals surface area contributed by atoms with Crippen molar-refractivity contribution in [1.29, 1.82) is 0 Å². The number of hydrogen-bond donors (Lipinski definition) is 2. The highest BCUT2D eigenvalue weighted by Crippen LogP contribution is 2.27. The number of nitrogens with zero attached hydrogens (tertiary/aromatic N) is 2. The van der Waals surface area contributed by atoms with Gasteiger partial charge >= 0.3 is 0 Å². The number of rotatable bonds is 12. The van der Waals surface area contributed by atoms with Crippen LogP contribution >= 0.6 is 0 Å². The van der Waals surface area contributed by atoms with Gasteiger partial charge in [-0.1, -0.05) is 70.4 Å². The Kier molecular flexibility index (Phi) is 12.3. The molecule has 1 aromatic carbocycles. The van der Waals surface area contributed by atoms with Gasteiger partial charge in [0.15, 0.2) is 5.78 Å². The van der Waals surface area contributed by atoms with Gasteiger partial charge in [0.1, 0.15) is 19.2 Å². The van der Waals surface area contributed by atoms with Crippen molar-refractivity contribution in [2.45, 2.75) is 116 Å². The summed E-state index contributed by atoms with van der Waals surface area (Å²) in [4.78, 5) is 63.2. The highest BCUT2D eigenvalue weighted by Gasteiger charge is 2.40. The van der Waals surface area contributed by atoms with Gasteiger partial charge in [-0.15, -0.1) is 0 Å². The van der Waals surface area contributed by atoms with Crippen molar-refractivity contribution in [1.82, 2.24) is 20.3 Å². The summed E-state index contributed by atoms with van der Waals surface area (Å²) in [5.41, 5.74) is 2.91. The van der Waals surface area contributed by atoms with Crippen molar-refractivity contribution in [2.24, 2.45) is 11.8 Å². The van der Waals surface area contributed by atoms with Gasteiger partial charge in [0.25, 0.3) is 0 Å². The number of aromatic nitrogens is 1. The van der Waals surface area contributed by atoms with E-state index in [1.165, 1.54) is 5.57 Å².